The fourth-order valence-electron chi connectivity index (χ4n) is 1.77. The lowest BCUT2D eigenvalue weighted by molar-refractivity contribution is 0.161. The first-order chi connectivity index (χ1) is 8.35. The van der Waals surface area contributed by atoms with E-state index in [4.69, 9.17) is 13.6 Å². The van der Waals surface area contributed by atoms with Crippen molar-refractivity contribution >= 4 is 0 Å². The molecule has 0 saturated heterocycles. The maximum atomic E-state index is 5.72. The van der Waals surface area contributed by atoms with Crippen LogP contribution < -0.4 is 5.32 Å². The number of nitrogens with one attached hydrogen (secondary N) is 1. The molecular weight excluding hydrogens is 218 g/mol. The van der Waals surface area contributed by atoms with E-state index in [-0.39, 0.29) is 6.04 Å². The monoisotopic (exact) mass is 235 g/mol. The van der Waals surface area contributed by atoms with Gasteiger partial charge in [0.25, 0.3) is 0 Å². The van der Waals surface area contributed by atoms with Gasteiger partial charge in [-0.1, -0.05) is 6.92 Å². The first-order valence-corrected chi connectivity index (χ1v) is 5.69. The number of methoxy groups -OCH3 is 1. The maximum Gasteiger partial charge on any atom is 0.129 e. The zero-order valence-corrected chi connectivity index (χ0v) is 10.1. The molecule has 92 valence electrons. The molecule has 0 bridgehead atoms. The van der Waals surface area contributed by atoms with Crippen LogP contribution in [0.2, 0.25) is 0 Å². The predicted octanol–water partition coefficient (Wildman–Crippen LogP) is 2.72. The highest BCUT2D eigenvalue weighted by Gasteiger charge is 2.19. The highest BCUT2D eigenvalue weighted by atomic mass is 16.5. The van der Waals surface area contributed by atoms with Crippen molar-refractivity contribution in [3.63, 3.8) is 0 Å². The number of ether oxygens (including phenoxy) is 1. The average molecular weight is 235 g/mol. The van der Waals surface area contributed by atoms with Crippen LogP contribution in [-0.4, -0.2) is 13.7 Å². The molecule has 0 fully saturated rings. The van der Waals surface area contributed by atoms with Crippen molar-refractivity contribution < 1.29 is 13.6 Å². The molecule has 0 aromatic carbocycles. The van der Waals surface area contributed by atoms with Crippen molar-refractivity contribution in [3.8, 4) is 0 Å². The van der Waals surface area contributed by atoms with E-state index in [0.717, 1.165) is 23.8 Å². The molecule has 2 aromatic rings. The van der Waals surface area contributed by atoms with Crippen molar-refractivity contribution in [3.05, 3.63) is 47.8 Å². The summed E-state index contributed by atoms with van der Waals surface area (Å²) in [4.78, 5) is 0. The van der Waals surface area contributed by atoms with E-state index >= 15 is 0 Å². The summed E-state index contributed by atoms with van der Waals surface area (Å²) in [5, 5.41) is 3.33. The van der Waals surface area contributed by atoms with Crippen molar-refractivity contribution in [2.75, 3.05) is 13.7 Å². The van der Waals surface area contributed by atoms with Crippen LogP contribution in [-0.2, 0) is 11.3 Å². The number of hydrogen-bond acceptors (Lipinski definition) is 4. The minimum absolute atomic E-state index is 0.0411. The largest absolute Gasteiger partial charge is 0.467 e. The van der Waals surface area contributed by atoms with Gasteiger partial charge in [-0.15, -0.1) is 0 Å². The third kappa shape index (κ3) is 2.78. The Hall–Kier alpha value is -1.52. The molecule has 1 atom stereocenters. The van der Waals surface area contributed by atoms with E-state index in [1.54, 1.807) is 13.4 Å². The minimum Gasteiger partial charge on any atom is -0.467 e. The second kappa shape index (κ2) is 5.70. The second-order valence-corrected chi connectivity index (χ2v) is 3.74. The van der Waals surface area contributed by atoms with Crippen molar-refractivity contribution in [2.45, 2.75) is 19.6 Å². The SMILES string of the molecule is CCNC(c1ccco1)c1ccc(COC)o1. The van der Waals surface area contributed by atoms with Crippen LogP contribution in [0.5, 0.6) is 0 Å². The highest BCUT2D eigenvalue weighted by Crippen LogP contribution is 2.24. The molecule has 0 spiro atoms. The summed E-state index contributed by atoms with van der Waals surface area (Å²) in [6.45, 7) is 3.37. The van der Waals surface area contributed by atoms with E-state index in [9.17, 15) is 0 Å². The van der Waals surface area contributed by atoms with Gasteiger partial charge in [-0.05, 0) is 30.8 Å². The van der Waals surface area contributed by atoms with Crippen LogP contribution in [0.25, 0.3) is 0 Å². The molecule has 1 unspecified atom stereocenters. The van der Waals surface area contributed by atoms with Gasteiger partial charge in [0.05, 0.1) is 6.26 Å². The van der Waals surface area contributed by atoms with Gasteiger partial charge < -0.3 is 18.9 Å². The standard InChI is InChI=1S/C13H17NO3/c1-3-14-13(11-5-4-8-16-11)12-7-6-10(17-12)9-15-2/h4-8,13-14H,3,9H2,1-2H3. The summed E-state index contributed by atoms with van der Waals surface area (Å²) in [5.41, 5.74) is 0. The Kier molecular flexibility index (Phi) is 4.01. The number of hydrogen-bond donors (Lipinski definition) is 1. The predicted molar refractivity (Wildman–Crippen MR) is 63.6 cm³/mol. The molecule has 0 radical (unpaired) electrons. The summed E-state index contributed by atoms with van der Waals surface area (Å²) in [6.07, 6.45) is 1.67. The Morgan fingerprint density at radius 1 is 1.29 bits per heavy atom. The molecule has 4 nitrogen and oxygen atoms in total. The zero-order valence-electron chi connectivity index (χ0n) is 10.1. The number of furan rings is 2. The maximum absolute atomic E-state index is 5.72. The molecule has 0 amide bonds. The van der Waals surface area contributed by atoms with Gasteiger partial charge in [-0.3, -0.25) is 0 Å². The molecule has 2 heterocycles. The molecule has 0 aliphatic rings. The lowest BCUT2D eigenvalue weighted by atomic mass is 10.1. The summed E-state index contributed by atoms with van der Waals surface area (Å²) in [5.74, 6) is 2.51. The first-order valence-electron chi connectivity index (χ1n) is 5.69. The van der Waals surface area contributed by atoms with E-state index in [2.05, 4.69) is 12.2 Å². The fourth-order valence-corrected chi connectivity index (χ4v) is 1.77. The number of rotatable bonds is 6. The van der Waals surface area contributed by atoms with Crippen LogP contribution in [0, 0.1) is 0 Å². The van der Waals surface area contributed by atoms with E-state index < -0.39 is 0 Å². The molecular formula is C13H17NO3. The Bertz CT molecular complexity index is 433. The van der Waals surface area contributed by atoms with Crippen molar-refractivity contribution in [2.24, 2.45) is 0 Å². The Balaban J connectivity index is 2.20. The topological polar surface area (TPSA) is 47.5 Å². The van der Waals surface area contributed by atoms with Crippen molar-refractivity contribution in [1.82, 2.24) is 5.32 Å². The molecule has 0 aliphatic carbocycles. The molecule has 2 rings (SSSR count). The molecule has 0 saturated carbocycles. The normalized spacial score (nSPS) is 12.8. The van der Waals surface area contributed by atoms with Crippen molar-refractivity contribution in [1.29, 1.82) is 0 Å². The van der Waals surface area contributed by atoms with Crippen LogP contribution in [0.3, 0.4) is 0 Å². The Morgan fingerprint density at radius 3 is 2.82 bits per heavy atom. The summed E-state index contributed by atoms with van der Waals surface area (Å²) in [7, 11) is 1.65. The van der Waals surface area contributed by atoms with Gasteiger partial charge in [0.1, 0.15) is 29.9 Å². The Morgan fingerprint density at radius 2 is 2.18 bits per heavy atom. The quantitative estimate of drug-likeness (QED) is 0.836. The fraction of sp³-hybridized carbons (Fsp3) is 0.385. The molecule has 17 heavy (non-hydrogen) atoms. The third-order valence-electron chi connectivity index (χ3n) is 2.49. The molecule has 4 heteroatoms. The van der Waals surface area contributed by atoms with Gasteiger partial charge >= 0.3 is 0 Å². The summed E-state index contributed by atoms with van der Waals surface area (Å²) < 4.78 is 16.2. The minimum atomic E-state index is -0.0411. The average Bonchev–Trinajstić information content (AvgIpc) is 2.97. The van der Waals surface area contributed by atoms with Gasteiger partial charge in [0, 0.05) is 7.11 Å². The lowest BCUT2D eigenvalue weighted by Gasteiger charge is -2.12. The molecule has 0 aliphatic heterocycles. The van der Waals surface area contributed by atoms with Gasteiger partial charge in [-0.25, -0.2) is 0 Å². The smallest absolute Gasteiger partial charge is 0.129 e. The van der Waals surface area contributed by atoms with Crippen LogP contribution in [0.4, 0.5) is 0 Å². The highest BCUT2D eigenvalue weighted by molar-refractivity contribution is 5.20. The molecule has 2 aromatic heterocycles. The second-order valence-electron chi connectivity index (χ2n) is 3.74. The zero-order chi connectivity index (χ0) is 12.1. The summed E-state index contributed by atoms with van der Waals surface area (Å²) >= 11 is 0. The summed E-state index contributed by atoms with van der Waals surface area (Å²) in [6, 6.07) is 7.64. The lowest BCUT2D eigenvalue weighted by Crippen LogP contribution is -2.20. The van der Waals surface area contributed by atoms with E-state index in [1.165, 1.54) is 0 Å². The third-order valence-corrected chi connectivity index (χ3v) is 2.49. The van der Waals surface area contributed by atoms with Crippen LogP contribution in [0.15, 0.2) is 39.4 Å². The van der Waals surface area contributed by atoms with E-state index in [1.807, 2.05) is 24.3 Å². The van der Waals surface area contributed by atoms with E-state index in [0.29, 0.717) is 6.61 Å². The Labute approximate surface area is 101 Å². The van der Waals surface area contributed by atoms with Crippen LogP contribution >= 0.6 is 0 Å². The first kappa shape index (κ1) is 12.0. The van der Waals surface area contributed by atoms with Gasteiger partial charge in [-0.2, -0.15) is 0 Å². The van der Waals surface area contributed by atoms with Crippen LogP contribution in [0.1, 0.15) is 30.2 Å². The molecule has 1 N–H and O–H groups in total. The van der Waals surface area contributed by atoms with Gasteiger partial charge in [0.15, 0.2) is 0 Å². The van der Waals surface area contributed by atoms with Gasteiger partial charge in [0.2, 0.25) is 0 Å².